The fraction of sp³-hybridized carbons (Fsp3) is 0.429. The van der Waals surface area contributed by atoms with Gasteiger partial charge in [-0.25, -0.2) is 9.97 Å². The van der Waals surface area contributed by atoms with Crippen LogP contribution in [0.25, 0.3) is 22.4 Å². The summed E-state index contributed by atoms with van der Waals surface area (Å²) in [5, 5.41) is 7.61. The van der Waals surface area contributed by atoms with Gasteiger partial charge in [0.15, 0.2) is 5.65 Å². The zero-order valence-electron chi connectivity index (χ0n) is 17.0. The number of nitrogens with zero attached hydrogens (tertiary/aromatic N) is 6. The smallest absolute Gasteiger partial charge is 0.180 e. The summed E-state index contributed by atoms with van der Waals surface area (Å²) in [5.41, 5.74) is 3.92. The molecule has 0 atom stereocenters. The van der Waals surface area contributed by atoms with Crippen molar-refractivity contribution in [1.82, 2.24) is 29.6 Å². The van der Waals surface area contributed by atoms with Gasteiger partial charge in [0.05, 0.1) is 24.6 Å². The lowest BCUT2D eigenvalue weighted by Gasteiger charge is -2.20. The highest BCUT2D eigenvalue weighted by atomic mass is 15.3. The van der Waals surface area contributed by atoms with Gasteiger partial charge in [-0.1, -0.05) is 20.4 Å². The summed E-state index contributed by atoms with van der Waals surface area (Å²) in [4.78, 5) is 16.2. The minimum Gasteiger partial charge on any atom is -0.345 e. The van der Waals surface area contributed by atoms with Crippen molar-refractivity contribution in [3.8, 4) is 11.3 Å². The molecule has 28 heavy (non-hydrogen) atoms. The van der Waals surface area contributed by atoms with Crippen LogP contribution in [0, 0.1) is 0 Å². The van der Waals surface area contributed by atoms with E-state index in [1.54, 1.807) is 6.20 Å². The lowest BCUT2D eigenvalue weighted by Crippen LogP contribution is -2.29. The molecule has 0 aromatic carbocycles. The third-order valence-electron chi connectivity index (χ3n) is 4.40. The standard InChI is InChI=1S/C21H29N7/c1-5-9-27(10-6-2)11-12-28-15-17(13-23-28)19-14-22-18-7-8-20(24-16(3)4)26-21(18)25-19/h7-8,13-15H,3,5-6,9-12H2,1-2,4H3,(H,24,25,26). The van der Waals surface area contributed by atoms with E-state index in [9.17, 15) is 0 Å². The van der Waals surface area contributed by atoms with Gasteiger partial charge < -0.3 is 10.2 Å². The molecule has 3 aromatic rings. The molecule has 0 saturated carbocycles. The Morgan fingerprint density at radius 2 is 1.89 bits per heavy atom. The summed E-state index contributed by atoms with van der Waals surface area (Å²) in [5.74, 6) is 0.717. The maximum atomic E-state index is 4.67. The number of fused-ring (bicyclic) bond motifs is 1. The van der Waals surface area contributed by atoms with E-state index in [-0.39, 0.29) is 0 Å². The van der Waals surface area contributed by atoms with Crippen LogP contribution in [-0.2, 0) is 6.54 Å². The van der Waals surface area contributed by atoms with Gasteiger partial charge in [-0.15, -0.1) is 0 Å². The van der Waals surface area contributed by atoms with E-state index in [4.69, 9.17) is 0 Å². The minimum absolute atomic E-state index is 0.605. The molecule has 7 nitrogen and oxygen atoms in total. The Kier molecular flexibility index (Phi) is 6.71. The molecule has 0 aliphatic rings. The van der Waals surface area contributed by atoms with Gasteiger partial charge in [-0.05, 0) is 45.0 Å². The number of hydrogen-bond acceptors (Lipinski definition) is 6. The first-order valence-corrected chi connectivity index (χ1v) is 9.90. The first-order valence-electron chi connectivity index (χ1n) is 9.90. The highest BCUT2D eigenvalue weighted by Gasteiger charge is 2.09. The van der Waals surface area contributed by atoms with Gasteiger partial charge in [0, 0.05) is 24.0 Å². The SMILES string of the molecule is C=C(C)Nc1ccc2ncc(-c3cnn(CCN(CCC)CCC)c3)nc2n1. The van der Waals surface area contributed by atoms with Crippen molar-refractivity contribution in [3.05, 3.63) is 43.0 Å². The minimum atomic E-state index is 0.605. The summed E-state index contributed by atoms with van der Waals surface area (Å²) >= 11 is 0. The number of nitrogens with one attached hydrogen (secondary N) is 1. The van der Waals surface area contributed by atoms with Crippen LogP contribution in [0.3, 0.4) is 0 Å². The number of pyridine rings is 1. The molecule has 3 rings (SSSR count). The summed E-state index contributed by atoms with van der Waals surface area (Å²) < 4.78 is 1.98. The number of anilines is 1. The second kappa shape index (κ2) is 9.41. The van der Waals surface area contributed by atoms with Gasteiger partial charge in [0.1, 0.15) is 11.3 Å². The quantitative estimate of drug-likeness (QED) is 0.575. The third kappa shape index (κ3) is 5.13. The topological polar surface area (TPSA) is 71.8 Å². The Balaban J connectivity index is 1.74. The van der Waals surface area contributed by atoms with Gasteiger partial charge in [-0.2, -0.15) is 5.10 Å². The molecule has 3 heterocycles. The molecule has 148 valence electrons. The second-order valence-corrected chi connectivity index (χ2v) is 7.03. The highest BCUT2D eigenvalue weighted by Crippen LogP contribution is 2.19. The first kappa shape index (κ1) is 19.9. The van der Waals surface area contributed by atoms with Crippen molar-refractivity contribution < 1.29 is 0 Å². The molecule has 0 bridgehead atoms. The first-order chi connectivity index (χ1) is 13.6. The molecule has 0 fully saturated rings. The van der Waals surface area contributed by atoms with Crippen LogP contribution in [-0.4, -0.2) is 49.3 Å². The summed E-state index contributed by atoms with van der Waals surface area (Å²) in [6.07, 6.45) is 7.99. The van der Waals surface area contributed by atoms with Gasteiger partial charge in [0.2, 0.25) is 0 Å². The average Bonchev–Trinajstić information content (AvgIpc) is 3.14. The molecule has 0 saturated heterocycles. The fourth-order valence-electron chi connectivity index (χ4n) is 3.15. The van der Waals surface area contributed by atoms with Crippen LogP contribution in [0.5, 0.6) is 0 Å². The average molecular weight is 380 g/mol. The normalized spacial score (nSPS) is 11.3. The largest absolute Gasteiger partial charge is 0.345 e. The van der Waals surface area contributed by atoms with Crippen LogP contribution < -0.4 is 5.32 Å². The molecule has 1 N–H and O–H groups in total. The molecule has 0 radical (unpaired) electrons. The molecular weight excluding hydrogens is 350 g/mol. The van der Waals surface area contributed by atoms with Crippen molar-refractivity contribution >= 4 is 17.0 Å². The van der Waals surface area contributed by atoms with Crippen LogP contribution in [0.1, 0.15) is 33.6 Å². The van der Waals surface area contributed by atoms with E-state index in [0.717, 1.165) is 48.7 Å². The second-order valence-electron chi connectivity index (χ2n) is 7.03. The summed E-state index contributed by atoms with van der Waals surface area (Å²) in [7, 11) is 0. The van der Waals surface area contributed by atoms with Crippen LogP contribution in [0.4, 0.5) is 5.82 Å². The third-order valence-corrected chi connectivity index (χ3v) is 4.40. The molecule has 0 amide bonds. The summed E-state index contributed by atoms with van der Waals surface area (Å²) in [6, 6.07) is 3.78. The zero-order chi connectivity index (χ0) is 19.9. The Morgan fingerprint density at radius 1 is 1.11 bits per heavy atom. The monoisotopic (exact) mass is 379 g/mol. The molecule has 3 aromatic heterocycles. The Hall–Kier alpha value is -2.80. The lowest BCUT2D eigenvalue weighted by molar-refractivity contribution is 0.259. The summed E-state index contributed by atoms with van der Waals surface area (Å²) in [6.45, 7) is 14.3. The molecule has 7 heteroatoms. The van der Waals surface area contributed by atoms with Crippen LogP contribution >= 0.6 is 0 Å². The van der Waals surface area contributed by atoms with Crippen LogP contribution in [0.15, 0.2) is 43.0 Å². The number of hydrogen-bond donors (Lipinski definition) is 1. The van der Waals surface area contributed by atoms with Gasteiger partial charge in [-0.3, -0.25) is 9.67 Å². The van der Waals surface area contributed by atoms with Gasteiger partial charge >= 0.3 is 0 Å². The maximum Gasteiger partial charge on any atom is 0.180 e. The Labute approximate surface area is 166 Å². The van der Waals surface area contributed by atoms with Crippen molar-refractivity contribution in [3.63, 3.8) is 0 Å². The highest BCUT2D eigenvalue weighted by molar-refractivity contribution is 5.75. The van der Waals surface area contributed by atoms with Crippen molar-refractivity contribution in [2.45, 2.75) is 40.2 Å². The van der Waals surface area contributed by atoms with Crippen LogP contribution in [0.2, 0.25) is 0 Å². The maximum absolute atomic E-state index is 4.67. The molecule has 0 spiro atoms. The zero-order valence-corrected chi connectivity index (χ0v) is 17.0. The van der Waals surface area contributed by atoms with E-state index in [1.807, 2.05) is 36.1 Å². The van der Waals surface area contributed by atoms with Crippen molar-refractivity contribution in [1.29, 1.82) is 0 Å². The number of allylic oxidation sites excluding steroid dienone is 1. The Bertz CT molecular complexity index is 925. The predicted octanol–water partition coefficient (Wildman–Crippen LogP) is 3.96. The number of rotatable bonds is 10. The van der Waals surface area contributed by atoms with E-state index in [2.05, 4.69) is 50.7 Å². The van der Waals surface area contributed by atoms with E-state index < -0.39 is 0 Å². The molecule has 0 aliphatic heterocycles. The molecule has 0 aliphatic carbocycles. The van der Waals surface area contributed by atoms with Crippen molar-refractivity contribution in [2.24, 2.45) is 0 Å². The van der Waals surface area contributed by atoms with E-state index in [1.165, 1.54) is 12.8 Å². The molecular formula is C21H29N7. The molecule has 0 unspecified atom stereocenters. The van der Waals surface area contributed by atoms with E-state index >= 15 is 0 Å². The fourth-order valence-corrected chi connectivity index (χ4v) is 3.15. The number of aromatic nitrogens is 5. The van der Waals surface area contributed by atoms with Gasteiger partial charge in [0.25, 0.3) is 0 Å². The van der Waals surface area contributed by atoms with E-state index in [0.29, 0.717) is 11.5 Å². The lowest BCUT2D eigenvalue weighted by atomic mass is 10.2. The predicted molar refractivity (Wildman–Crippen MR) is 114 cm³/mol. The van der Waals surface area contributed by atoms with Crippen molar-refractivity contribution in [2.75, 3.05) is 25.0 Å². The Morgan fingerprint density at radius 3 is 2.61 bits per heavy atom.